The largest absolute Gasteiger partial charge is 0.508 e. The molecule has 5 heterocycles. The van der Waals surface area contributed by atoms with E-state index in [0.29, 0.717) is 22.9 Å². The van der Waals surface area contributed by atoms with Gasteiger partial charge >= 0.3 is 0 Å². The van der Waals surface area contributed by atoms with Crippen molar-refractivity contribution in [2.45, 2.75) is 57.2 Å². The van der Waals surface area contributed by atoms with Gasteiger partial charge in [-0.1, -0.05) is 43.2 Å². The molecule has 4 N–H and O–H groups in total. The molecule has 2 atom stereocenters. The van der Waals surface area contributed by atoms with Crippen molar-refractivity contribution in [1.82, 2.24) is 25.0 Å². The van der Waals surface area contributed by atoms with Crippen LogP contribution in [0.1, 0.15) is 86.8 Å². The summed E-state index contributed by atoms with van der Waals surface area (Å²) in [5.74, 6) is -4.01. The Labute approximate surface area is 378 Å². The molecule has 334 valence electrons. The molecular weight excluding hydrogens is 852 g/mol. The first kappa shape index (κ1) is 43.3. The van der Waals surface area contributed by atoms with Crippen LogP contribution in [0, 0.1) is 5.82 Å². The van der Waals surface area contributed by atoms with Crippen molar-refractivity contribution >= 4 is 63.3 Å². The topological polar surface area (TPSA) is 185 Å². The van der Waals surface area contributed by atoms with E-state index in [2.05, 4.69) is 42.9 Å². The lowest BCUT2D eigenvalue weighted by Gasteiger charge is -2.36. The van der Waals surface area contributed by atoms with Gasteiger partial charge in [0.15, 0.2) is 5.13 Å². The number of nitrogens with zero attached hydrogens (tertiary/aromatic N) is 5. The van der Waals surface area contributed by atoms with Crippen LogP contribution >= 0.6 is 11.3 Å². The second-order valence-electron chi connectivity index (χ2n) is 16.6. The SMILES string of the molecule is O=C1CC[C@H](N2C(=O)c3cccc(NCCCCCCN4CCN(c5ccc(-c6ccc7c(c6)C(=O)N(C(C(=O)Nc6nccs6)c6cc(F)ccc6O)C7)cc5)CC4)c3C2=O)C(=O)N1. The number of carbonyl (C=O) groups excluding carboxylic acids is 6. The van der Waals surface area contributed by atoms with Gasteiger partial charge < -0.3 is 20.2 Å². The predicted molar refractivity (Wildman–Crippen MR) is 242 cm³/mol. The molecule has 0 bridgehead atoms. The molecule has 4 aliphatic heterocycles. The number of imide groups is 2. The second-order valence-corrected chi connectivity index (χ2v) is 17.5. The molecule has 17 heteroatoms. The standard InChI is InChI=1S/C48H47FN8O7S/c49-32-12-16-39(58)36(27-32)42(44(61)53-48-51-19-25-65-48)56-28-31-9-8-30(26-35(31)45(56)62)29-10-13-33(14-11-29)55-23-21-54(22-24-55)20-4-2-1-3-18-50-37-7-5-6-34-41(37)47(64)57(46(34)63)38-15-17-40(59)52-43(38)60/h5-14,16,19,25-27,38,42,50,58H,1-4,15,17-18,20-24,28H2,(H,51,53,61)(H,52,59,60)/t38-,42?/m0/s1. The van der Waals surface area contributed by atoms with Crippen molar-refractivity contribution in [1.29, 1.82) is 0 Å². The van der Waals surface area contributed by atoms with Gasteiger partial charge in [-0.2, -0.15) is 0 Å². The summed E-state index contributed by atoms with van der Waals surface area (Å²) in [5, 5.41) is 21.0. The molecule has 1 unspecified atom stereocenters. The van der Waals surface area contributed by atoms with Crippen molar-refractivity contribution in [3.8, 4) is 16.9 Å². The highest BCUT2D eigenvalue weighted by atomic mass is 32.1. The first-order valence-electron chi connectivity index (χ1n) is 21.8. The van der Waals surface area contributed by atoms with Gasteiger partial charge in [-0.15, -0.1) is 11.3 Å². The molecule has 65 heavy (non-hydrogen) atoms. The summed E-state index contributed by atoms with van der Waals surface area (Å²) in [6, 6.07) is 20.1. The molecule has 4 aromatic carbocycles. The van der Waals surface area contributed by atoms with E-state index in [1.807, 2.05) is 30.3 Å². The third-order valence-electron chi connectivity index (χ3n) is 12.6. The number of piperazine rings is 1. The lowest BCUT2D eigenvalue weighted by Crippen LogP contribution is -2.54. The number of phenolic OH excluding ortho intramolecular Hbond substituents is 1. The highest BCUT2D eigenvalue weighted by Gasteiger charge is 2.46. The van der Waals surface area contributed by atoms with Crippen molar-refractivity contribution in [3.63, 3.8) is 0 Å². The number of aromatic hydroxyl groups is 1. The molecule has 2 saturated heterocycles. The number of anilines is 3. The van der Waals surface area contributed by atoms with Gasteiger partial charge in [-0.3, -0.25) is 49.2 Å². The number of amides is 6. The van der Waals surface area contributed by atoms with E-state index in [0.717, 1.165) is 97.8 Å². The third-order valence-corrected chi connectivity index (χ3v) is 13.3. The van der Waals surface area contributed by atoms with Gasteiger partial charge in [0.1, 0.15) is 23.7 Å². The molecule has 9 rings (SSSR count). The lowest BCUT2D eigenvalue weighted by molar-refractivity contribution is -0.136. The van der Waals surface area contributed by atoms with E-state index < -0.39 is 53.3 Å². The maximum Gasteiger partial charge on any atom is 0.264 e. The first-order chi connectivity index (χ1) is 31.5. The lowest BCUT2D eigenvalue weighted by atomic mass is 10.00. The van der Waals surface area contributed by atoms with E-state index in [4.69, 9.17) is 0 Å². The van der Waals surface area contributed by atoms with Gasteiger partial charge in [0.25, 0.3) is 23.6 Å². The van der Waals surface area contributed by atoms with Crippen LogP contribution in [-0.4, -0.2) is 106 Å². The molecule has 1 aromatic heterocycles. The molecule has 6 amide bonds. The monoisotopic (exact) mass is 898 g/mol. The zero-order valence-electron chi connectivity index (χ0n) is 35.4. The average Bonchev–Trinajstić information content (AvgIpc) is 4.01. The number of unbranched alkanes of at least 4 members (excludes halogenated alkanes) is 3. The number of nitrogens with one attached hydrogen (secondary N) is 3. The van der Waals surface area contributed by atoms with Gasteiger partial charge in [0, 0.05) is 79.8 Å². The fourth-order valence-corrected chi connectivity index (χ4v) is 9.69. The van der Waals surface area contributed by atoms with Crippen molar-refractivity contribution in [2.75, 3.05) is 54.8 Å². The highest BCUT2D eigenvalue weighted by Crippen LogP contribution is 2.38. The molecule has 0 spiro atoms. The number of phenols is 1. The summed E-state index contributed by atoms with van der Waals surface area (Å²) in [6.45, 7) is 5.44. The average molecular weight is 899 g/mol. The second kappa shape index (κ2) is 18.6. The van der Waals surface area contributed by atoms with Crippen LogP contribution in [0.4, 0.5) is 20.9 Å². The Morgan fingerprint density at radius 3 is 2.42 bits per heavy atom. The maximum absolute atomic E-state index is 14.4. The molecule has 4 aliphatic rings. The number of hydrogen-bond donors (Lipinski definition) is 4. The smallest absolute Gasteiger partial charge is 0.264 e. The normalized spacial score (nSPS) is 17.9. The van der Waals surface area contributed by atoms with Crippen LogP contribution < -0.4 is 20.9 Å². The predicted octanol–water partition coefficient (Wildman–Crippen LogP) is 6.19. The Bertz CT molecular complexity index is 2670. The molecular formula is C48H47FN8O7S. The van der Waals surface area contributed by atoms with Crippen LogP contribution in [0.15, 0.2) is 90.4 Å². The number of thiazole rings is 1. The minimum absolute atomic E-state index is 0.0175. The number of piperidine rings is 1. The minimum atomic E-state index is -1.30. The zero-order valence-corrected chi connectivity index (χ0v) is 36.2. The number of benzene rings is 4. The Kier molecular flexibility index (Phi) is 12.4. The first-order valence-corrected chi connectivity index (χ1v) is 22.7. The number of aromatic nitrogens is 1. The summed E-state index contributed by atoms with van der Waals surface area (Å²) >= 11 is 1.21. The number of fused-ring (bicyclic) bond motifs is 2. The van der Waals surface area contributed by atoms with Gasteiger partial charge in [-0.25, -0.2) is 9.37 Å². The maximum atomic E-state index is 14.4. The quantitative estimate of drug-likeness (QED) is 0.0695. The molecule has 0 radical (unpaired) electrons. The van der Waals surface area contributed by atoms with Crippen LogP contribution in [0.25, 0.3) is 11.1 Å². The van der Waals surface area contributed by atoms with Gasteiger partial charge in [0.2, 0.25) is 11.8 Å². The van der Waals surface area contributed by atoms with Crippen LogP contribution in [0.2, 0.25) is 0 Å². The van der Waals surface area contributed by atoms with E-state index in [9.17, 15) is 38.3 Å². The van der Waals surface area contributed by atoms with Crippen molar-refractivity contribution < 1.29 is 38.3 Å². The summed E-state index contributed by atoms with van der Waals surface area (Å²) in [7, 11) is 0. The van der Waals surface area contributed by atoms with Gasteiger partial charge in [-0.05, 0) is 91.0 Å². The third kappa shape index (κ3) is 8.93. The van der Waals surface area contributed by atoms with Crippen LogP contribution in [0.3, 0.4) is 0 Å². The van der Waals surface area contributed by atoms with E-state index in [1.54, 1.807) is 23.6 Å². The Hall–Kier alpha value is -6.98. The number of hydrogen-bond acceptors (Lipinski definition) is 12. The molecule has 5 aromatic rings. The van der Waals surface area contributed by atoms with Crippen molar-refractivity contribution in [3.05, 3.63) is 124 Å². The fraction of sp³-hybridized carbons (Fsp3) is 0.312. The molecule has 0 saturated carbocycles. The number of carbonyl (C=O) groups is 6. The van der Waals surface area contributed by atoms with Crippen LogP contribution in [0.5, 0.6) is 5.75 Å². The van der Waals surface area contributed by atoms with Crippen LogP contribution in [-0.2, 0) is 20.9 Å². The molecule has 2 fully saturated rings. The summed E-state index contributed by atoms with van der Waals surface area (Å²) in [4.78, 5) is 89.5. The fourth-order valence-electron chi connectivity index (χ4n) is 9.16. The Balaban J connectivity index is 0.729. The summed E-state index contributed by atoms with van der Waals surface area (Å²) < 4.78 is 14.4. The van der Waals surface area contributed by atoms with E-state index in [1.165, 1.54) is 28.5 Å². The van der Waals surface area contributed by atoms with Gasteiger partial charge in [0.05, 0.1) is 11.1 Å². The molecule has 0 aliphatic carbocycles. The van der Waals surface area contributed by atoms with Crippen molar-refractivity contribution in [2.24, 2.45) is 0 Å². The van der Waals surface area contributed by atoms with E-state index in [-0.39, 0.29) is 41.8 Å². The molecule has 15 nitrogen and oxygen atoms in total. The summed E-state index contributed by atoms with van der Waals surface area (Å²) in [6.07, 6.45) is 5.75. The Morgan fingerprint density at radius 2 is 1.65 bits per heavy atom. The minimum Gasteiger partial charge on any atom is -0.508 e. The summed E-state index contributed by atoms with van der Waals surface area (Å²) in [5.41, 5.74) is 5.15. The van der Waals surface area contributed by atoms with E-state index >= 15 is 0 Å². The highest BCUT2D eigenvalue weighted by molar-refractivity contribution is 7.13. The zero-order chi connectivity index (χ0) is 45.2. The Morgan fingerprint density at radius 1 is 0.862 bits per heavy atom. The number of halogens is 1. The number of rotatable bonds is 15.